The molecule has 2 aliphatic heterocycles. The Morgan fingerprint density at radius 2 is 1.96 bits per heavy atom. The molecule has 1 amide bonds. The normalized spacial score (nSPS) is 21.6. The molecule has 2 aliphatic rings. The lowest BCUT2D eigenvalue weighted by Gasteiger charge is -2.32. The molecule has 0 spiro atoms. The maximum absolute atomic E-state index is 12.8. The van der Waals surface area contributed by atoms with E-state index in [0.29, 0.717) is 32.8 Å². The Kier molecular flexibility index (Phi) is 4.76. The summed E-state index contributed by atoms with van der Waals surface area (Å²) < 4.78 is 7.13. The summed E-state index contributed by atoms with van der Waals surface area (Å²) in [6.45, 7) is 4.28. The minimum absolute atomic E-state index is 0.0417. The third kappa shape index (κ3) is 3.57. The third-order valence-electron chi connectivity index (χ3n) is 4.90. The highest BCUT2D eigenvalue weighted by Gasteiger charge is 2.34. The molecule has 1 aromatic carbocycles. The predicted molar refractivity (Wildman–Crippen MR) is 92.2 cm³/mol. The summed E-state index contributed by atoms with van der Waals surface area (Å²) in [4.78, 5) is 17.0. The van der Waals surface area contributed by atoms with Crippen LogP contribution in [0.25, 0.3) is 5.69 Å². The zero-order valence-electron chi connectivity index (χ0n) is 14.3. The largest absolute Gasteiger partial charge is 0.378 e. The van der Waals surface area contributed by atoms with Crippen LogP contribution in [0.4, 0.5) is 0 Å². The predicted octanol–water partition coefficient (Wildman–Crippen LogP) is 1.09. The molecule has 7 heteroatoms. The molecule has 2 fully saturated rings. The lowest BCUT2D eigenvalue weighted by molar-refractivity contribution is -0.140. The number of hydrogen-bond acceptors (Lipinski definition) is 5. The molecular formula is C18H23N5O2. The fourth-order valence-corrected chi connectivity index (χ4v) is 3.58. The van der Waals surface area contributed by atoms with Crippen LogP contribution in [0.15, 0.2) is 36.5 Å². The van der Waals surface area contributed by atoms with Crippen molar-refractivity contribution in [1.82, 2.24) is 24.8 Å². The van der Waals surface area contributed by atoms with Crippen LogP contribution in [0.2, 0.25) is 0 Å². The summed E-state index contributed by atoms with van der Waals surface area (Å²) >= 11 is 0. The Hall–Kier alpha value is -2.25. The van der Waals surface area contributed by atoms with Crippen molar-refractivity contribution in [3.8, 4) is 5.69 Å². The Balaban J connectivity index is 1.43. The van der Waals surface area contributed by atoms with Crippen LogP contribution in [-0.2, 0) is 16.1 Å². The minimum Gasteiger partial charge on any atom is -0.378 e. The number of ether oxygens (including phenoxy) is 1. The number of aromatic nitrogens is 3. The molecule has 1 aromatic heterocycles. The van der Waals surface area contributed by atoms with Crippen LogP contribution in [0.5, 0.6) is 0 Å². The lowest BCUT2D eigenvalue weighted by atomic mass is 10.2. The van der Waals surface area contributed by atoms with Gasteiger partial charge >= 0.3 is 0 Å². The number of likely N-dealkylation sites (tertiary alicyclic amines) is 1. The van der Waals surface area contributed by atoms with Gasteiger partial charge in [-0.25, -0.2) is 4.68 Å². The Bertz CT molecular complexity index is 711. The van der Waals surface area contributed by atoms with E-state index in [1.807, 2.05) is 41.4 Å². The second-order valence-electron chi connectivity index (χ2n) is 6.56. The zero-order chi connectivity index (χ0) is 17.1. The van der Waals surface area contributed by atoms with E-state index in [1.54, 1.807) is 4.68 Å². The van der Waals surface area contributed by atoms with Gasteiger partial charge in [-0.2, -0.15) is 0 Å². The summed E-state index contributed by atoms with van der Waals surface area (Å²) in [5.41, 5.74) is 1.88. The van der Waals surface area contributed by atoms with E-state index in [0.717, 1.165) is 30.8 Å². The topological polar surface area (TPSA) is 63.5 Å². The van der Waals surface area contributed by atoms with E-state index in [4.69, 9.17) is 4.74 Å². The molecule has 1 unspecified atom stereocenters. The summed E-state index contributed by atoms with van der Waals surface area (Å²) in [6, 6.07) is 9.90. The van der Waals surface area contributed by atoms with Crippen LogP contribution in [0, 0.1) is 0 Å². The van der Waals surface area contributed by atoms with Gasteiger partial charge in [0.05, 0.1) is 36.8 Å². The molecule has 0 bridgehead atoms. The van der Waals surface area contributed by atoms with Crippen molar-refractivity contribution in [2.75, 3.05) is 32.8 Å². The molecule has 0 radical (unpaired) electrons. The van der Waals surface area contributed by atoms with E-state index in [2.05, 4.69) is 15.2 Å². The lowest BCUT2D eigenvalue weighted by Crippen LogP contribution is -2.49. The van der Waals surface area contributed by atoms with Crippen molar-refractivity contribution in [3.63, 3.8) is 0 Å². The molecule has 0 aliphatic carbocycles. The number of benzene rings is 1. The molecule has 25 heavy (non-hydrogen) atoms. The number of morpholine rings is 1. The average Bonchev–Trinajstić information content (AvgIpc) is 3.33. The quantitative estimate of drug-likeness (QED) is 0.833. The number of rotatable bonds is 4. The van der Waals surface area contributed by atoms with E-state index in [1.165, 1.54) is 0 Å². The monoisotopic (exact) mass is 341 g/mol. The number of para-hydroxylation sites is 1. The second kappa shape index (κ2) is 7.33. The molecule has 2 saturated heterocycles. The minimum atomic E-state index is -0.0417. The average molecular weight is 341 g/mol. The summed E-state index contributed by atoms with van der Waals surface area (Å²) in [6.07, 6.45) is 3.92. The van der Waals surface area contributed by atoms with Crippen molar-refractivity contribution >= 4 is 5.91 Å². The van der Waals surface area contributed by atoms with Crippen molar-refractivity contribution in [2.45, 2.75) is 25.4 Å². The van der Waals surface area contributed by atoms with Gasteiger partial charge in [0.1, 0.15) is 0 Å². The van der Waals surface area contributed by atoms with Gasteiger partial charge < -0.3 is 9.64 Å². The van der Waals surface area contributed by atoms with Crippen LogP contribution >= 0.6 is 0 Å². The Labute approximate surface area is 147 Å². The standard InChI is InChI=1S/C18H23N5O2/c24-18(21-9-11-25-12-10-21)17-7-4-8-22(17)13-15-14-23(20-19-15)16-5-2-1-3-6-16/h1-3,5-6,14,17H,4,7-13H2. The highest BCUT2D eigenvalue weighted by atomic mass is 16.5. The van der Waals surface area contributed by atoms with Gasteiger partial charge in [0.2, 0.25) is 5.91 Å². The third-order valence-corrected chi connectivity index (χ3v) is 4.90. The molecule has 1 atom stereocenters. The number of carbonyl (C=O) groups excluding carboxylic acids is 1. The molecule has 0 N–H and O–H groups in total. The molecule has 3 heterocycles. The first-order valence-corrected chi connectivity index (χ1v) is 8.88. The SMILES string of the molecule is O=C(C1CCCN1Cc1cn(-c2ccccc2)nn1)N1CCOCC1. The van der Waals surface area contributed by atoms with Crippen molar-refractivity contribution in [3.05, 3.63) is 42.2 Å². The number of nitrogens with zero attached hydrogens (tertiary/aromatic N) is 5. The summed E-state index contributed by atoms with van der Waals surface area (Å²) in [5, 5.41) is 8.51. The van der Waals surface area contributed by atoms with Gasteiger partial charge in [-0.3, -0.25) is 9.69 Å². The van der Waals surface area contributed by atoms with Gasteiger partial charge in [0, 0.05) is 19.6 Å². The molecule has 0 saturated carbocycles. The first kappa shape index (κ1) is 16.2. The molecule has 2 aromatic rings. The Morgan fingerprint density at radius 3 is 2.76 bits per heavy atom. The van der Waals surface area contributed by atoms with Gasteiger partial charge in [-0.15, -0.1) is 5.10 Å². The smallest absolute Gasteiger partial charge is 0.240 e. The first-order chi connectivity index (χ1) is 12.3. The highest BCUT2D eigenvalue weighted by Crippen LogP contribution is 2.22. The zero-order valence-corrected chi connectivity index (χ0v) is 14.3. The van der Waals surface area contributed by atoms with Crippen LogP contribution in [-0.4, -0.2) is 69.6 Å². The van der Waals surface area contributed by atoms with Gasteiger partial charge in [0.15, 0.2) is 0 Å². The molecule has 7 nitrogen and oxygen atoms in total. The Morgan fingerprint density at radius 1 is 1.16 bits per heavy atom. The second-order valence-corrected chi connectivity index (χ2v) is 6.56. The molecule has 132 valence electrons. The van der Waals surface area contributed by atoms with Crippen molar-refractivity contribution < 1.29 is 9.53 Å². The van der Waals surface area contributed by atoms with Gasteiger partial charge in [-0.05, 0) is 31.5 Å². The molecule has 4 rings (SSSR count). The maximum Gasteiger partial charge on any atom is 0.240 e. The van der Waals surface area contributed by atoms with Crippen molar-refractivity contribution in [2.24, 2.45) is 0 Å². The fraction of sp³-hybridized carbons (Fsp3) is 0.500. The molecular weight excluding hydrogens is 318 g/mol. The maximum atomic E-state index is 12.8. The number of carbonyl (C=O) groups is 1. The van der Waals surface area contributed by atoms with Gasteiger partial charge in [0.25, 0.3) is 0 Å². The first-order valence-electron chi connectivity index (χ1n) is 8.88. The summed E-state index contributed by atoms with van der Waals surface area (Å²) in [7, 11) is 0. The number of hydrogen-bond donors (Lipinski definition) is 0. The van der Waals surface area contributed by atoms with E-state index in [-0.39, 0.29) is 11.9 Å². The van der Waals surface area contributed by atoms with Crippen LogP contribution < -0.4 is 0 Å². The summed E-state index contributed by atoms with van der Waals surface area (Å²) in [5.74, 6) is 0.233. The van der Waals surface area contributed by atoms with Crippen LogP contribution in [0.1, 0.15) is 18.5 Å². The number of amides is 1. The van der Waals surface area contributed by atoms with E-state index in [9.17, 15) is 4.79 Å². The van der Waals surface area contributed by atoms with E-state index >= 15 is 0 Å². The highest BCUT2D eigenvalue weighted by molar-refractivity contribution is 5.82. The van der Waals surface area contributed by atoms with Crippen LogP contribution in [0.3, 0.4) is 0 Å². The fourth-order valence-electron chi connectivity index (χ4n) is 3.58. The van der Waals surface area contributed by atoms with Gasteiger partial charge in [-0.1, -0.05) is 23.4 Å². The van der Waals surface area contributed by atoms with Crippen molar-refractivity contribution in [1.29, 1.82) is 0 Å². The van der Waals surface area contributed by atoms with E-state index < -0.39 is 0 Å².